The van der Waals surface area contributed by atoms with Gasteiger partial charge in [0.2, 0.25) is 0 Å². The van der Waals surface area contributed by atoms with E-state index in [1.54, 1.807) is 6.07 Å². The zero-order valence-corrected chi connectivity index (χ0v) is 14.7. The molecule has 6 N–H and O–H groups in total. The Balaban J connectivity index is 0.00000243. The van der Waals surface area contributed by atoms with Crippen LogP contribution in [0.15, 0.2) is 65.1 Å². The number of nitrogens with two attached hydrogens (primary N) is 2. The molecule has 0 aliphatic carbocycles. The van der Waals surface area contributed by atoms with Crippen LogP contribution in [0.5, 0.6) is 0 Å². The standard InChI is InChI=1S/C20H18N4O.ClH/c21-19(22)14-7-5-13(6-8-14)3-1-2-4-17-12-16-11-15(20(23)24)9-10-18(16)25-17;/h1-12H,(H3,21,22)(H3,23,24);1H/b3-1-,4-2-;. The fourth-order valence-corrected chi connectivity index (χ4v) is 2.40. The van der Waals surface area contributed by atoms with E-state index in [0.29, 0.717) is 11.1 Å². The minimum Gasteiger partial charge on any atom is -0.457 e. The predicted molar refractivity (Wildman–Crippen MR) is 110 cm³/mol. The molecule has 3 rings (SSSR count). The summed E-state index contributed by atoms with van der Waals surface area (Å²) in [4.78, 5) is 0. The van der Waals surface area contributed by atoms with Gasteiger partial charge >= 0.3 is 0 Å². The number of fused-ring (bicyclic) bond motifs is 1. The third-order valence-corrected chi connectivity index (χ3v) is 3.73. The maximum Gasteiger partial charge on any atom is 0.134 e. The maximum absolute atomic E-state index is 7.48. The zero-order chi connectivity index (χ0) is 17.8. The van der Waals surface area contributed by atoms with Gasteiger partial charge in [0.25, 0.3) is 0 Å². The first-order chi connectivity index (χ1) is 12.0. The van der Waals surface area contributed by atoms with Crippen LogP contribution in [0.3, 0.4) is 0 Å². The van der Waals surface area contributed by atoms with E-state index in [9.17, 15) is 0 Å². The summed E-state index contributed by atoms with van der Waals surface area (Å²) in [5, 5.41) is 15.8. The number of allylic oxidation sites excluding steroid dienone is 2. The molecule has 0 spiro atoms. The molecule has 0 unspecified atom stereocenters. The fraction of sp³-hybridized carbons (Fsp3) is 0. The van der Waals surface area contributed by atoms with E-state index in [1.807, 2.05) is 66.8 Å². The van der Waals surface area contributed by atoms with E-state index in [4.69, 9.17) is 26.7 Å². The highest BCUT2D eigenvalue weighted by Crippen LogP contribution is 2.21. The summed E-state index contributed by atoms with van der Waals surface area (Å²) in [5.41, 5.74) is 14.1. The Morgan fingerprint density at radius 1 is 0.808 bits per heavy atom. The van der Waals surface area contributed by atoms with Gasteiger partial charge in [-0.05, 0) is 35.9 Å². The van der Waals surface area contributed by atoms with Crippen molar-refractivity contribution in [3.63, 3.8) is 0 Å². The van der Waals surface area contributed by atoms with E-state index < -0.39 is 0 Å². The molecule has 0 aliphatic rings. The van der Waals surface area contributed by atoms with Gasteiger partial charge in [-0.15, -0.1) is 12.4 Å². The Labute approximate surface area is 157 Å². The highest BCUT2D eigenvalue weighted by Gasteiger charge is 2.03. The largest absolute Gasteiger partial charge is 0.457 e. The van der Waals surface area contributed by atoms with Crippen LogP contribution < -0.4 is 11.5 Å². The number of amidine groups is 2. The average molecular weight is 367 g/mol. The van der Waals surface area contributed by atoms with Crippen LogP contribution in [0.4, 0.5) is 0 Å². The molecule has 0 atom stereocenters. The molecule has 2 aromatic carbocycles. The third-order valence-electron chi connectivity index (χ3n) is 3.73. The molecule has 0 bridgehead atoms. The molecular weight excluding hydrogens is 348 g/mol. The molecule has 0 fully saturated rings. The van der Waals surface area contributed by atoms with Crippen LogP contribution in [-0.4, -0.2) is 11.7 Å². The normalized spacial score (nSPS) is 11.1. The number of hydrogen-bond donors (Lipinski definition) is 4. The molecule has 6 heteroatoms. The number of hydrogen-bond acceptors (Lipinski definition) is 3. The molecule has 0 radical (unpaired) electrons. The third kappa shape index (κ3) is 4.40. The van der Waals surface area contributed by atoms with Crippen molar-refractivity contribution in [2.75, 3.05) is 0 Å². The quantitative estimate of drug-likeness (QED) is 0.309. The SMILES string of the molecule is Cl.N=C(N)c1ccc(/C=C\C=C/c2cc3cc(C(=N)N)ccc3o2)cc1. The summed E-state index contributed by atoms with van der Waals surface area (Å²) < 4.78 is 5.73. The molecule has 0 saturated heterocycles. The van der Waals surface area contributed by atoms with Gasteiger partial charge in [0.15, 0.2) is 0 Å². The topological polar surface area (TPSA) is 113 Å². The summed E-state index contributed by atoms with van der Waals surface area (Å²) in [6.07, 6.45) is 7.63. The van der Waals surface area contributed by atoms with Crippen LogP contribution in [0, 0.1) is 10.8 Å². The van der Waals surface area contributed by atoms with Gasteiger partial charge in [-0.3, -0.25) is 10.8 Å². The number of nitrogens with one attached hydrogen (secondary N) is 2. The summed E-state index contributed by atoms with van der Waals surface area (Å²) >= 11 is 0. The van der Waals surface area contributed by atoms with Crippen LogP contribution in [0.2, 0.25) is 0 Å². The van der Waals surface area contributed by atoms with Gasteiger partial charge in [-0.25, -0.2) is 0 Å². The molecule has 132 valence electrons. The molecular formula is C20H19ClN4O. The molecule has 3 aromatic rings. The second-order valence-corrected chi connectivity index (χ2v) is 5.57. The van der Waals surface area contributed by atoms with E-state index in [-0.39, 0.29) is 24.1 Å². The van der Waals surface area contributed by atoms with Crippen molar-refractivity contribution in [1.82, 2.24) is 0 Å². The van der Waals surface area contributed by atoms with Crippen LogP contribution >= 0.6 is 12.4 Å². The van der Waals surface area contributed by atoms with E-state index in [1.165, 1.54) is 0 Å². The highest BCUT2D eigenvalue weighted by atomic mass is 35.5. The van der Waals surface area contributed by atoms with Crippen molar-refractivity contribution < 1.29 is 4.42 Å². The van der Waals surface area contributed by atoms with E-state index in [2.05, 4.69) is 0 Å². The molecule has 0 saturated carbocycles. The van der Waals surface area contributed by atoms with Gasteiger partial charge in [-0.2, -0.15) is 0 Å². The smallest absolute Gasteiger partial charge is 0.134 e. The number of halogens is 1. The second kappa shape index (κ2) is 8.18. The molecule has 5 nitrogen and oxygen atoms in total. The van der Waals surface area contributed by atoms with Crippen molar-refractivity contribution in [2.24, 2.45) is 11.5 Å². The maximum atomic E-state index is 7.48. The lowest BCUT2D eigenvalue weighted by atomic mass is 10.1. The van der Waals surface area contributed by atoms with Gasteiger partial charge in [0.1, 0.15) is 23.0 Å². The van der Waals surface area contributed by atoms with Crippen LogP contribution in [-0.2, 0) is 0 Å². The average Bonchev–Trinajstić information content (AvgIpc) is 3.01. The van der Waals surface area contributed by atoms with Gasteiger partial charge in [0.05, 0.1) is 0 Å². The lowest BCUT2D eigenvalue weighted by Gasteiger charge is -1.97. The Bertz CT molecular complexity index is 1000. The highest BCUT2D eigenvalue weighted by molar-refractivity contribution is 5.98. The first-order valence-corrected chi connectivity index (χ1v) is 7.70. The summed E-state index contributed by atoms with van der Waals surface area (Å²) in [5.74, 6) is 0.833. The van der Waals surface area contributed by atoms with Gasteiger partial charge in [-0.1, -0.05) is 42.5 Å². The van der Waals surface area contributed by atoms with Gasteiger partial charge in [0, 0.05) is 16.5 Å². The number of furan rings is 1. The van der Waals surface area contributed by atoms with Crippen LogP contribution in [0.25, 0.3) is 23.1 Å². The van der Waals surface area contributed by atoms with E-state index >= 15 is 0 Å². The Morgan fingerprint density at radius 3 is 2.08 bits per heavy atom. The fourth-order valence-electron chi connectivity index (χ4n) is 2.40. The predicted octanol–water partition coefficient (Wildman–Crippen LogP) is 4.15. The second-order valence-electron chi connectivity index (χ2n) is 5.57. The molecule has 1 heterocycles. The lowest BCUT2D eigenvalue weighted by Crippen LogP contribution is -2.10. The van der Waals surface area contributed by atoms with Gasteiger partial charge < -0.3 is 15.9 Å². The Hall–Kier alpha value is -3.31. The van der Waals surface area contributed by atoms with Crippen molar-refractivity contribution in [1.29, 1.82) is 10.8 Å². The molecule has 0 aliphatic heterocycles. The number of rotatable bonds is 5. The zero-order valence-electron chi connectivity index (χ0n) is 13.9. The number of benzene rings is 2. The minimum atomic E-state index is 0. The lowest BCUT2D eigenvalue weighted by molar-refractivity contribution is 0.604. The monoisotopic (exact) mass is 366 g/mol. The van der Waals surface area contributed by atoms with Crippen molar-refractivity contribution >= 4 is 47.2 Å². The first kappa shape index (κ1) is 19.0. The Morgan fingerprint density at radius 2 is 1.42 bits per heavy atom. The van der Waals surface area contributed by atoms with Crippen molar-refractivity contribution in [3.8, 4) is 0 Å². The van der Waals surface area contributed by atoms with Crippen molar-refractivity contribution in [3.05, 3.63) is 83.1 Å². The summed E-state index contributed by atoms with van der Waals surface area (Å²) in [6, 6.07) is 14.8. The van der Waals surface area contributed by atoms with Crippen LogP contribution in [0.1, 0.15) is 22.5 Å². The number of nitrogen functional groups attached to an aromatic ring is 2. The molecule has 0 amide bonds. The molecule has 26 heavy (non-hydrogen) atoms. The van der Waals surface area contributed by atoms with Crippen molar-refractivity contribution in [2.45, 2.75) is 0 Å². The Kier molecular flexibility index (Phi) is 5.98. The minimum absolute atomic E-state index is 0. The summed E-state index contributed by atoms with van der Waals surface area (Å²) in [7, 11) is 0. The van der Waals surface area contributed by atoms with E-state index in [0.717, 1.165) is 22.3 Å². The first-order valence-electron chi connectivity index (χ1n) is 7.70. The summed E-state index contributed by atoms with van der Waals surface area (Å²) in [6.45, 7) is 0. The molecule has 1 aromatic heterocycles.